The molecule has 3 saturated heterocycles. The van der Waals surface area contributed by atoms with Gasteiger partial charge in [0.2, 0.25) is 0 Å². The maximum absolute atomic E-state index is 12.9. The fraction of sp³-hybridized carbons (Fsp3) is 0.476. The van der Waals surface area contributed by atoms with E-state index in [2.05, 4.69) is 14.9 Å². The quantitative estimate of drug-likeness (QED) is 0.833. The fourth-order valence-electron chi connectivity index (χ4n) is 4.17. The number of ether oxygens (including phenoxy) is 1. The normalized spacial score (nSPS) is 22.2. The molecule has 2 aromatic rings. The van der Waals surface area contributed by atoms with Crippen LogP contribution in [0.2, 0.25) is 0 Å². The molecule has 0 radical (unpaired) electrons. The van der Waals surface area contributed by atoms with Crippen LogP contribution in [0, 0.1) is 20.8 Å². The first kappa shape index (κ1) is 17.8. The molecule has 3 aliphatic heterocycles. The van der Waals surface area contributed by atoms with Crippen LogP contribution in [-0.2, 0) is 4.79 Å². The zero-order valence-electron chi connectivity index (χ0n) is 16.3. The lowest BCUT2D eigenvalue weighted by atomic mass is 9.86. The van der Waals surface area contributed by atoms with Crippen LogP contribution < -0.4 is 9.64 Å². The average Bonchev–Trinajstić information content (AvgIpc) is 2.61. The molecule has 0 saturated carbocycles. The molecule has 0 N–H and O–H groups in total. The third-order valence-corrected chi connectivity index (χ3v) is 5.37. The Bertz CT molecular complexity index is 837. The number of hydrogen-bond acceptors (Lipinski definition) is 5. The first-order valence-corrected chi connectivity index (χ1v) is 9.53. The number of aromatic nitrogens is 2. The van der Waals surface area contributed by atoms with Gasteiger partial charge >= 0.3 is 0 Å². The molecule has 3 atom stereocenters. The summed E-state index contributed by atoms with van der Waals surface area (Å²) in [4.78, 5) is 26.1. The lowest BCUT2D eigenvalue weighted by Crippen LogP contribution is -2.71. The van der Waals surface area contributed by atoms with Crippen LogP contribution in [0.15, 0.2) is 30.3 Å². The van der Waals surface area contributed by atoms with Crippen LogP contribution in [0.5, 0.6) is 5.75 Å². The van der Waals surface area contributed by atoms with Crippen molar-refractivity contribution >= 4 is 11.7 Å². The number of carbonyl (C=O) groups excluding carboxylic acids is 1. The summed E-state index contributed by atoms with van der Waals surface area (Å²) in [7, 11) is 0. The van der Waals surface area contributed by atoms with Crippen molar-refractivity contribution in [2.24, 2.45) is 0 Å². The summed E-state index contributed by atoms with van der Waals surface area (Å²) >= 11 is 0. The van der Waals surface area contributed by atoms with E-state index in [4.69, 9.17) is 4.74 Å². The van der Waals surface area contributed by atoms with E-state index in [-0.39, 0.29) is 18.0 Å². The summed E-state index contributed by atoms with van der Waals surface area (Å²) in [6.07, 6.45) is 0.579. The van der Waals surface area contributed by atoms with Gasteiger partial charge in [-0.3, -0.25) is 4.79 Å². The number of aryl methyl sites for hydroxylation is 3. The zero-order valence-corrected chi connectivity index (χ0v) is 16.3. The molecular formula is C21H26N4O2. The minimum atomic E-state index is -0.479. The Hall–Kier alpha value is -2.63. The summed E-state index contributed by atoms with van der Waals surface area (Å²) in [5, 5.41) is 0. The van der Waals surface area contributed by atoms with Crippen molar-refractivity contribution in [3.8, 4) is 5.75 Å². The highest BCUT2D eigenvalue weighted by atomic mass is 16.5. The van der Waals surface area contributed by atoms with Crippen molar-refractivity contribution in [1.82, 2.24) is 14.9 Å². The second-order valence-corrected chi connectivity index (χ2v) is 7.69. The lowest BCUT2D eigenvalue weighted by molar-refractivity contribution is -0.153. The van der Waals surface area contributed by atoms with Crippen molar-refractivity contribution in [3.05, 3.63) is 47.4 Å². The molecule has 2 bridgehead atoms. The monoisotopic (exact) mass is 366 g/mol. The van der Waals surface area contributed by atoms with E-state index >= 15 is 0 Å². The number of anilines is 1. The number of nitrogens with zero attached hydrogens (tertiary/aromatic N) is 4. The number of benzene rings is 1. The Labute approximate surface area is 160 Å². The van der Waals surface area contributed by atoms with Gasteiger partial charge in [0, 0.05) is 24.8 Å². The Kier molecular flexibility index (Phi) is 4.50. The standard InChI is InChI=1S/C21H26N4O2/c1-13-6-5-7-19(8-13)27-15(3)21(26)25-17-10-18(25)12-24(11-17)20-9-14(2)22-16(4)23-20/h5-9,15,17-18H,10-12H2,1-4H3. The fourth-order valence-corrected chi connectivity index (χ4v) is 4.17. The number of rotatable bonds is 4. The second kappa shape index (κ2) is 6.83. The topological polar surface area (TPSA) is 58.6 Å². The predicted octanol–water partition coefficient (Wildman–Crippen LogP) is 2.66. The Morgan fingerprint density at radius 3 is 2.56 bits per heavy atom. The van der Waals surface area contributed by atoms with E-state index < -0.39 is 6.10 Å². The molecule has 3 unspecified atom stereocenters. The molecule has 6 nitrogen and oxygen atoms in total. The minimum Gasteiger partial charge on any atom is -0.481 e. The highest BCUT2D eigenvalue weighted by Gasteiger charge is 2.48. The summed E-state index contributed by atoms with van der Waals surface area (Å²) < 4.78 is 5.90. The molecule has 1 aromatic heterocycles. The Balaban J connectivity index is 1.41. The van der Waals surface area contributed by atoms with Gasteiger partial charge in [-0.05, 0) is 51.8 Å². The molecule has 1 aromatic carbocycles. The van der Waals surface area contributed by atoms with E-state index in [1.165, 1.54) is 0 Å². The Morgan fingerprint density at radius 2 is 1.89 bits per heavy atom. The van der Waals surface area contributed by atoms with Crippen LogP contribution >= 0.6 is 0 Å². The van der Waals surface area contributed by atoms with Crippen molar-refractivity contribution < 1.29 is 9.53 Å². The SMILES string of the molecule is Cc1cccc(OC(C)C(=O)N2C3CC2CN(c2cc(C)nc(C)n2)C3)c1. The minimum absolute atomic E-state index is 0.0763. The van der Waals surface area contributed by atoms with E-state index in [1.54, 1.807) is 0 Å². The summed E-state index contributed by atoms with van der Waals surface area (Å²) in [6.45, 7) is 9.40. The van der Waals surface area contributed by atoms with Crippen molar-refractivity contribution in [2.75, 3.05) is 18.0 Å². The first-order valence-electron chi connectivity index (χ1n) is 9.53. The van der Waals surface area contributed by atoms with Crippen LogP contribution in [0.1, 0.15) is 30.4 Å². The first-order chi connectivity index (χ1) is 12.9. The van der Waals surface area contributed by atoms with Gasteiger partial charge in [0.25, 0.3) is 5.91 Å². The molecule has 142 valence electrons. The lowest BCUT2D eigenvalue weighted by Gasteiger charge is -2.57. The van der Waals surface area contributed by atoms with Gasteiger partial charge in [-0.2, -0.15) is 0 Å². The van der Waals surface area contributed by atoms with Gasteiger partial charge in [-0.25, -0.2) is 9.97 Å². The maximum atomic E-state index is 12.9. The molecule has 4 heterocycles. The molecule has 27 heavy (non-hydrogen) atoms. The highest BCUT2D eigenvalue weighted by Crippen LogP contribution is 2.35. The van der Waals surface area contributed by atoms with E-state index in [9.17, 15) is 4.79 Å². The van der Waals surface area contributed by atoms with Gasteiger partial charge in [0.1, 0.15) is 17.4 Å². The number of amides is 1. The van der Waals surface area contributed by atoms with Gasteiger partial charge in [0.15, 0.2) is 6.10 Å². The predicted molar refractivity (Wildman–Crippen MR) is 104 cm³/mol. The highest BCUT2D eigenvalue weighted by molar-refractivity contribution is 5.83. The van der Waals surface area contributed by atoms with Crippen molar-refractivity contribution in [1.29, 1.82) is 0 Å². The molecule has 3 fully saturated rings. The third kappa shape index (κ3) is 3.48. The molecule has 5 rings (SSSR count). The van der Waals surface area contributed by atoms with Crippen LogP contribution in [0.4, 0.5) is 5.82 Å². The van der Waals surface area contributed by atoms with Crippen molar-refractivity contribution in [2.45, 2.75) is 52.3 Å². The summed E-state index contributed by atoms with van der Waals surface area (Å²) in [6, 6.07) is 10.3. The van der Waals surface area contributed by atoms with Crippen LogP contribution in [0.25, 0.3) is 0 Å². The average molecular weight is 366 g/mol. The van der Waals surface area contributed by atoms with E-state index in [1.807, 2.05) is 62.9 Å². The van der Waals surface area contributed by atoms with Gasteiger partial charge in [0.05, 0.1) is 12.1 Å². The number of piperidine rings is 1. The van der Waals surface area contributed by atoms with Gasteiger partial charge in [-0.1, -0.05) is 12.1 Å². The molecule has 6 heteroatoms. The number of carbonyl (C=O) groups is 1. The molecule has 1 amide bonds. The molecule has 0 spiro atoms. The zero-order chi connectivity index (χ0) is 19.1. The van der Waals surface area contributed by atoms with Crippen LogP contribution in [-0.4, -0.2) is 52.1 Å². The van der Waals surface area contributed by atoms with E-state index in [0.29, 0.717) is 0 Å². The molecule has 3 aliphatic rings. The maximum Gasteiger partial charge on any atom is 0.263 e. The largest absolute Gasteiger partial charge is 0.481 e. The number of fused-ring (bicyclic) bond motifs is 2. The van der Waals surface area contributed by atoms with E-state index in [0.717, 1.165) is 48.2 Å². The number of piperazine rings is 1. The third-order valence-electron chi connectivity index (χ3n) is 5.37. The van der Waals surface area contributed by atoms with Crippen LogP contribution in [0.3, 0.4) is 0 Å². The summed E-state index contributed by atoms with van der Waals surface area (Å²) in [5.41, 5.74) is 2.10. The van der Waals surface area contributed by atoms with Gasteiger partial charge < -0.3 is 14.5 Å². The summed E-state index contributed by atoms with van der Waals surface area (Å²) in [5.74, 6) is 2.57. The smallest absolute Gasteiger partial charge is 0.263 e. The second-order valence-electron chi connectivity index (χ2n) is 7.69. The Morgan fingerprint density at radius 1 is 1.15 bits per heavy atom. The van der Waals surface area contributed by atoms with Crippen molar-refractivity contribution in [3.63, 3.8) is 0 Å². The number of hydrogen-bond donors (Lipinski definition) is 0. The molecule has 0 aliphatic carbocycles. The van der Waals surface area contributed by atoms with Gasteiger partial charge in [-0.15, -0.1) is 0 Å². The molecular weight excluding hydrogens is 340 g/mol.